The molecule has 2 heterocycles. The number of aromatic nitrogens is 3. The Balaban J connectivity index is 1.41. The number of rotatable bonds is 9. The van der Waals surface area contributed by atoms with E-state index in [1.165, 1.54) is 42.2 Å². The number of nitrogens with zero attached hydrogens (tertiary/aromatic N) is 5. The summed E-state index contributed by atoms with van der Waals surface area (Å²) in [6, 6.07) is 18.9. The monoisotopic (exact) mass is 584 g/mol. The first-order valence-corrected chi connectivity index (χ1v) is 14.6. The molecule has 0 saturated heterocycles. The zero-order valence-corrected chi connectivity index (χ0v) is 23.7. The van der Waals surface area contributed by atoms with E-state index in [2.05, 4.69) is 31.1 Å². The Morgan fingerprint density at radius 3 is 2.29 bits per heavy atom. The zero-order chi connectivity index (χ0) is 29.6. The van der Waals surface area contributed by atoms with Gasteiger partial charge in [0.05, 0.1) is 10.5 Å². The first-order valence-electron chi connectivity index (χ1n) is 12.2. The largest absolute Gasteiger partial charge is 0.383 e. The van der Waals surface area contributed by atoms with Gasteiger partial charge in [0.1, 0.15) is 28.5 Å². The Labute approximate surface area is 241 Å². The van der Waals surface area contributed by atoms with E-state index in [1.54, 1.807) is 13.0 Å². The van der Waals surface area contributed by atoms with Crippen molar-refractivity contribution in [1.29, 1.82) is 10.5 Å². The lowest BCUT2D eigenvalue weighted by Gasteiger charge is -2.13. The molecule has 0 unspecified atom stereocenters. The fourth-order valence-electron chi connectivity index (χ4n) is 3.77. The molecule has 1 amide bonds. The van der Waals surface area contributed by atoms with Gasteiger partial charge in [0, 0.05) is 35.3 Å². The van der Waals surface area contributed by atoms with Gasteiger partial charge in [0.15, 0.2) is 0 Å². The Morgan fingerprint density at radius 2 is 1.66 bits per heavy atom. The smallest absolute Gasteiger partial charge is 0.264 e. The van der Waals surface area contributed by atoms with Crippen LogP contribution in [0.2, 0.25) is 0 Å². The number of carbonyl (C=O) groups is 1. The van der Waals surface area contributed by atoms with Crippen molar-refractivity contribution in [3.63, 3.8) is 0 Å². The molecule has 206 valence electrons. The summed E-state index contributed by atoms with van der Waals surface area (Å²) >= 11 is 1.18. The van der Waals surface area contributed by atoms with Gasteiger partial charge in [-0.05, 0) is 49.7 Å². The first-order chi connectivity index (χ1) is 19.6. The molecule has 0 aliphatic carbocycles. The minimum Gasteiger partial charge on any atom is -0.383 e. The quantitative estimate of drug-likeness (QED) is 0.238. The molecule has 2 aromatic carbocycles. The van der Waals surface area contributed by atoms with Crippen molar-refractivity contribution in [2.45, 2.75) is 30.2 Å². The molecular weight excluding hydrogens is 560 g/mol. The maximum absolute atomic E-state index is 12.6. The van der Waals surface area contributed by atoms with Crippen LogP contribution in [0, 0.1) is 36.5 Å². The molecule has 0 radical (unpaired) electrons. The van der Waals surface area contributed by atoms with Crippen molar-refractivity contribution >= 4 is 45.1 Å². The third kappa shape index (κ3) is 6.97. The third-order valence-electron chi connectivity index (χ3n) is 5.79. The van der Waals surface area contributed by atoms with Gasteiger partial charge in [-0.3, -0.25) is 4.79 Å². The molecule has 0 saturated carbocycles. The topological polar surface area (TPSA) is 188 Å². The van der Waals surface area contributed by atoms with E-state index in [-0.39, 0.29) is 45.9 Å². The molecule has 11 nitrogen and oxygen atoms in total. The van der Waals surface area contributed by atoms with E-state index in [4.69, 9.17) is 5.73 Å². The van der Waals surface area contributed by atoms with Crippen molar-refractivity contribution in [2.75, 3.05) is 21.5 Å². The molecule has 0 aliphatic heterocycles. The second-order valence-corrected chi connectivity index (χ2v) is 11.6. The number of hydrogen-bond donors (Lipinski definition) is 3. The predicted octanol–water partition coefficient (Wildman–Crippen LogP) is 4.40. The Morgan fingerprint density at radius 1 is 0.976 bits per heavy atom. The van der Waals surface area contributed by atoms with Crippen LogP contribution < -0.4 is 15.8 Å². The number of carbonyl (C=O) groups excluding carboxylic acids is 1. The second-order valence-electron chi connectivity index (χ2n) is 8.81. The minimum absolute atomic E-state index is 0.00696. The van der Waals surface area contributed by atoms with Crippen LogP contribution in [-0.2, 0) is 14.8 Å². The maximum atomic E-state index is 12.6. The van der Waals surface area contributed by atoms with E-state index in [1.807, 2.05) is 37.3 Å². The molecule has 41 heavy (non-hydrogen) atoms. The number of sulfonamides is 1. The summed E-state index contributed by atoms with van der Waals surface area (Å²) in [5.41, 5.74) is 9.53. The van der Waals surface area contributed by atoms with Gasteiger partial charge in [-0.25, -0.2) is 28.1 Å². The molecule has 0 aliphatic rings. The number of hydrogen-bond acceptors (Lipinski definition) is 10. The Hall–Kier alpha value is -4.98. The average molecular weight is 585 g/mol. The number of nitriles is 2. The van der Waals surface area contributed by atoms with Crippen molar-refractivity contribution < 1.29 is 13.2 Å². The lowest BCUT2D eigenvalue weighted by molar-refractivity contribution is -0.115. The van der Waals surface area contributed by atoms with Crippen molar-refractivity contribution in [2.24, 2.45) is 0 Å². The number of anilines is 3. The Kier molecular flexibility index (Phi) is 8.82. The van der Waals surface area contributed by atoms with E-state index in [9.17, 15) is 23.7 Å². The highest BCUT2D eigenvalue weighted by Gasteiger charge is 2.21. The average Bonchev–Trinajstić information content (AvgIpc) is 2.93. The maximum Gasteiger partial charge on any atom is 0.264 e. The number of amides is 1. The molecular formula is C28H24N8O3S2. The van der Waals surface area contributed by atoms with E-state index in [0.717, 1.165) is 5.56 Å². The number of nitrogens with two attached hydrogens (primary N) is 1. The number of nitrogen functional groups attached to an aromatic ring is 1. The predicted molar refractivity (Wildman–Crippen MR) is 156 cm³/mol. The molecule has 4 N–H and O–H groups in total. The summed E-state index contributed by atoms with van der Waals surface area (Å²) < 4.78 is 27.6. The minimum atomic E-state index is -3.92. The van der Waals surface area contributed by atoms with E-state index in [0.29, 0.717) is 27.5 Å². The number of thioether (sulfide) groups is 1. The van der Waals surface area contributed by atoms with Crippen LogP contribution in [0.25, 0.3) is 11.1 Å². The molecule has 2 aromatic heterocycles. The molecule has 4 aromatic rings. The molecule has 0 spiro atoms. The van der Waals surface area contributed by atoms with Gasteiger partial charge in [-0.1, -0.05) is 29.8 Å². The van der Waals surface area contributed by atoms with Crippen LogP contribution in [0.1, 0.15) is 28.8 Å². The van der Waals surface area contributed by atoms with Gasteiger partial charge < -0.3 is 11.1 Å². The standard InChI is InChI=1S/C28H24N8O3S2/c1-17-3-5-19(6-4-17)25-22(15-29)26(31)35-27(23(25)16-30)40-14-12-24(37)34-20-7-9-21(10-8-20)41(38,39)36-28-32-13-11-18(2)33-28/h3-11,13H,12,14H2,1-2H3,(H2,31,35)(H,34,37)(H,32,33,36). The van der Waals surface area contributed by atoms with E-state index < -0.39 is 10.0 Å². The number of pyridine rings is 1. The molecule has 4 rings (SSSR count). The lowest BCUT2D eigenvalue weighted by atomic mass is 9.96. The highest BCUT2D eigenvalue weighted by Crippen LogP contribution is 2.36. The number of nitrogens with one attached hydrogen (secondary N) is 2. The van der Waals surface area contributed by atoms with Crippen LogP contribution in [0.5, 0.6) is 0 Å². The lowest BCUT2D eigenvalue weighted by Crippen LogP contribution is -2.16. The SMILES string of the molecule is Cc1ccc(-c2c(C#N)c(N)nc(SCCC(=O)Nc3ccc(S(=O)(=O)Nc4nccc(C)n4)cc3)c2C#N)cc1. The fourth-order valence-corrected chi connectivity index (χ4v) is 5.66. The highest BCUT2D eigenvalue weighted by molar-refractivity contribution is 7.99. The Bertz CT molecular complexity index is 1790. The van der Waals surface area contributed by atoms with Crippen molar-refractivity contribution in [1.82, 2.24) is 15.0 Å². The molecule has 0 bridgehead atoms. The summed E-state index contributed by atoms with van der Waals surface area (Å²) in [4.78, 5) is 24.8. The number of benzene rings is 2. The van der Waals surface area contributed by atoms with Gasteiger partial charge >= 0.3 is 0 Å². The van der Waals surface area contributed by atoms with Crippen LogP contribution in [0.4, 0.5) is 17.5 Å². The first kappa shape index (κ1) is 29.0. The molecule has 0 atom stereocenters. The van der Waals surface area contributed by atoms with Gasteiger partial charge in [0.2, 0.25) is 11.9 Å². The highest BCUT2D eigenvalue weighted by atomic mass is 32.2. The summed E-state index contributed by atoms with van der Waals surface area (Å²) in [6.07, 6.45) is 1.52. The summed E-state index contributed by atoms with van der Waals surface area (Å²) in [6.45, 7) is 3.65. The third-order valence-corrected chi connectivity index (χ3v) is 8.11. The van der Waals surface area contributed by atoms with Crippen molar-refractivity contribution in [3.05, 3.63) is 83.2 Å². The zero-order valence-electron chi connectivity index (χ0n) is 22.0. The summed E-state index contributed by atoms with van der Waals surface area (Å²) in [5, 5.41) is 22.6. The van der Waals surface area contributed by atoms with Gasteiger partial charge in [-0.2, -0.15) is 10.5 Å². The second kappa shape index (κ2) is 12.5. The normalized spacial score (nSPS) is 10.8. The van der Waals surface area contributed by atoms with Crippen LogP contribution in [0.15, 0.2) is 70.7 Å². The summed E-state index contributed by atoms with van der Waals surface area (Å²) in [5.74, 6) is -0.0753. The van der Waals surface area contributed by atoms with Crippen molar-refractivity contribution in [3.8, 4) is 23.3 Å². The van der Waals surface area contributed by atoms with Crippen LogP contribution in [0.3, 0.4) is 0 Å². The number of aryl methyl sites for hydroxylation is 2. The molecule has 0 fully saturated rings. The van der Waals surface area contributed by atoms with Crippen LogP contribution in [-0.4, -0.2) is 35.0 Å². The van der Waals surface area contributed by atoms with Gasteiger partial charge in [-0.15, -0.1) is 11.8 Å². The van der Waals surface area contributed by atoms with Gasteiger partial charge in [0.25, 0.3) is 10.0 Å². The fraction of sp³-hybridized carbons (Fsp3) is 0.143. The van der Waals surface area contributed by atoms with E-state index >= 15 is 0 Å². The molecule has 13 heteroatoms. The van der Waals surface area contributed by atoms with Crippen LogP contribution >= 0.6 is 11.8 Å². The summed E-state index contributed by atoms with van der Waals surface area (Å²) in [7, 11) is -3.92.